The highest BCUT2D eigenvalue weighted by Crippen LogP contribution is 2.26. The van der Waals surface area contributed by atoms with Crippen LogP contribution in [-0.4, -0.2) is 17.1 Å². The van der Waals surface area contributed by atoms with Gasteiger partial charge in [-0.3, -0.25) is 0 Å². The fourth-order valence-electron chi connectivity index (χ4n) is 2.73. The van der Waals surface area contributed by atoms with Crippen molar-refractivity contribution in [2.45, 2.75) is 38.1 Å². The Morgan fingerprint density at radius 2 is 1.86 bits per heavy atom. The second kappa shape index (κ2) is 7.36. The van der Waals surface area contributed by atoms with Gasteiger partial charge in [-0.25, -0.2) is 9.18 Å². The maximum Gasteiger partial charge on any atom is 0.319 e. The van der Waals surface area contributed by atoms with Crippen LogP contribution in [0.2, 0.25) is 0 Å². The molecule has 1 aliphatic carbocycles. The third-order valence-electron chi connectivity index (χ3n) is 3.82. The molecular weight excluding hydrogens is 289 g/mol. The molecule has 1 unspecified atom stereocenters. The maximum absolute atomic E-state index is 12.8. The number of nitrogens with one attached hydrogen (secondary N) is 2. The minimum absolute atomic E-state index is 0.291. The van der Waals surface area contributed by atoms with Crippen LogP contribution in [0.25, 0.3) is 0 Å². The van der Waals surface area contributed by atoms with Gasteiger partial charge in [-0.2, -0.15) is 0 Å². The molecule has 0 radical (unpaired) electrons. The quantitative estimate of drug-likeness (QED) is 0.748. The number of urea groups is 1. The van der Waals surface area contributed by atoms with E-state index in [0.717, 1.165) is 25.7 Å². The molecule has 0 aromatic heterocycles. The van der Waals surface area contributed by atoms with E-state index in [-0.39, 0.29) is 17.9 Å². The van der Waals surface area contributed by atoms with Gasteiger partial charge in [-0.15, -0.1) is 0 Å². The number of anilines is 1. The Balaban J connectivity index is 1.94. The normalized spacial score (nSPS) is 17.0. The van der Waals surface area contributed by atoms with Gasteiger partial charge in [-0.1, -0.05) is 31.5 Å². The number of thiocarbonyl (C=S) groups is 1. The van der Waals surface area contributed by atoms with Crippen LogP contribution in [0.15, 0.2) is 24.3 Å². The number of amides is 2. The molecule has 0 aliphatic heterocycles. The third kappa shape index (κ3) is 4.67. The zero-order valence-corrected chi connectivity index (χ0v) is 12.6. The Morgan fingerprint density at radius 3 is 2.43 bits per heavy atom. The number of halogens is 1. The van der Waals surface area contributed by atoms with Crippen molar-refractivity contribution in [1.82, 2.24) is 5.32 Å². The zero-order chi connectivity index (χ0) is 15.2. The smallest absolute Gasteiger partial charge is 0.319 e. The van der Waals surface area contributed by atoms with Crippen molar-refractivity contribution in [3.63, 3.8) is 0 Å². The van der Waals surface area contributed by atoms with Crippen LogP contribution in [0.3, 0.4) is 0 Å². The lowest BCUT2D eigenvalue weighted by Gasteiger charge is -2.30. The molecule has 0 spiro atoms. The van der Waals surface area contributed by atoms with Gasteiger partial charge in [0.15, 0.2) is 0 Å². The molecule has 1 saturated carbocycles. The average molecular weight is 309 g/mol. The third-order valence-corrected chi connectivity index (χ3v) is 4.07. The summed E-state index contributed by atoms with van der Waals surface area (Å²) in [5, 5.41) is 5.50. The highest BCUT2D eigenvalue weighted by molar-refractivity contribution is 7.80. The molecule has 114 valence electrons. The highest BCUT2D eigenvalue weighted by atomic mass is 32.1. The predicted octanol–water partition coefficient (Wildman–Crippen LogP) is 3.18. The van der Waals surface area contributed by atoms with Crippen LogP contribution in [0.5, 0.6) is 0 Å². The van der Waals surface area contributed by atoms with Crippen molar-refractivity contribution in [2.75, 3.05) is 5.32 Å². The van der Waals surface area contributed by atoms with Crippen molar-refractivity contribution < 1.29 is 9.18 Å². The van der Waals surface area contributed by atoms with E-state index in [2.05, 4.69) is 10.6 Å². The number of hydrogen-bond acceptors (Lipinski definition) is 2. The lowest BCUT2D eigenvalue weighted by Crippen LogP contribution is -2.50. The number of benzene rings is 1. The van der Waals surface area contributed by atoms with E-state index in [1.165, 1.54) is 30.7 Å². The molecule has 2 rings (SSSR count). The van der Waals surface area contributed by atoms with E-state index >= 15 is 0 Å². The minimum atomic E-state index is -0.370. The molecule has 0 saturated heterocycles. The highest BCUT2D eigenvalue weighted by Gasteiger charge is 2.27. The first-order chi connectivity index (χ1) is 10.1. The van der Waals surface area contributed by atoms with Gasteiger partial charge in [0.1, 0.15) is 5.82 Å². The number of nitrogens with two attached hydrogens (primary N) is 1. The van der Waals surface area contributed by atoms with Gasteiger partial charge < -0.3 is 16.4 Å². The van der Waals surface area contributed by atoms with E-state index in [4.69, 9.17) is 18.0 Å². The largest absolute Gasteiger partial charge is 0.392 e. The number of hydrogen-bond donors (Lipinski definition) is 3. The Kier molecular flexibility index (Phi) is 5.50. The summed E-state index contributed by atoms with van der Waals surface area (Å²) >= 11 is 5.08. The molecule has 0 bridgehead atoms. The Hall–Kier alpha value is -1.69. The van der Waals surface area contributed by atoms with Crippen LogP contribution in [0.1, 0.15) is 32.1 Å². The average Bonchev–Trinajstić information content (AvgIpc) is 2.48. The van der Waals surface area contributed by atoms with Crippen molar-refractivity contribution in [3.8, 4) is 0 Å². The molecule has 4 N–H and O–H groups in total. The Bertz CT molecular complexity index is 500. The van der Waals surface area contributed by atoms with Gasteiger partial charge in [0.25, 0.3) is 0 Å². The zero-order valence-electron chi connectivity index (χ0n) is 11.8. The molecule has 6 heteroatoms. The van der Waals surface area contributed by atoms with Gasteiger partial charge in [0.2, 0.25) is 0 Å². The number of carbonyl (C=O) groups is 1. The molecule has 1 aliphatic rings. The van der Waals surface area contributed by atoms with Crippen LogP contribution >= 0.6 is 12.2 Å². The molecule has 21 heavy (non-hydrogen) atoms. The topological polar surface area (TPSA) is 67.1 Å². The molecule has 4 nitrogen and oxygen atoms in total. The van der Waals surface area contributed by atoms with Gasteiger partial charge >= 0.3 is 6.03 Å². The summed E-state index contributed by atoms with van der Waals surface area (Å²) in [6, 6.07) is 4.94. The maximum atomic E-state index is 12.8. The van der Waals surface area contributed by atoms with Gasteiger partial charge in [0, 0.05) is 5.69 Å². The van der Waals surface area contributed by atoms with E-state index in [9.17, 15) is 9.18 Å². The summed E-state index contributed by atoms with van der Waals surface area (Å²) in [5.41, 5.74) is 6.30. The minimum Gasteiger partial charge on any atom is -0.392 e. The lowest BCUT2D eigenvalue weighted by molar-refractivity contribution is 0.242. The summed E-state index contributed by atoms with van der Waals surface area (Å²) in [4.78, 5) is 12.3. The monoisotopic (exact) mass is 309 g/mol. The van der Waals surface area contributed by atoms with Crippen LogP contribution in [-0.2, 0) is 0 Å². The summed E-state index contributed by atoms with van der Waals surface area (Å²) in [6.45, 7) is 0. The summed E-state index contributed by atoms with van der Waals surface area (Å²) in [7, 11) is 0. The molecule has 0 heterocycles. The van der Waals surface area contributed by atoms with Crippen molar-refractivity contribution >= 4 is 28.9 Å². The fraction of sp³-hybridized carbons (Fsp3) is 0.467. The van der Waals surface area contributed by atoms with Crippen LogP contribution in [0, 0.1) is 11.7 Å². The molecule has 1 atom stereocenters. The number of rotatable bonds is 4. The first-order valence-corrected chi connectivity index (χ1v) is 7.59. The SMILES string of the molecule is NC(=S)C(NC(=O)Nc1ccc(F)cc1)C1CCCCC1. The first-order valence-electron chi connectivity index (χ1n) is 7.18. The molecule has 1 aromatic rings. The van der Waals surface area contributed by atoms with E-state index in [0.29, 0.717) is 16.6 Å². The molecule has 2 amide bonds. The van der Waals surface area contributed by atoms with E-state index in [1.54, 1.807) is 0 Å². The lowest BCUT2D eigenvalue weighted by atomic mass is 9.84. The Labute approximate surface area is 129 Å². The second-order valence-electron chi connectivity index (χ2n) is 5.38. The summed E-state index contributed by atoms with van der Waals surface area (Å²) < 4.78 is 12.8. The van der Waals surface area contributed by atoms with Crippen molar-refractivity contribution in [1.29, 1.82) is 0 Å². The number of carbonyl (C=O) groups excluding carboxylic acids is 1. The first kappa shape index (κ1) is 15.7. The van der Waals surface area contributed by atoms with Crippen LogP contribution < -0.4 is 16.4 Å². The van der Waals surface area contributed by atoms with E-state index in [1.807, 2.05) is 0 Å². The molecule has 1 fully saturated rings. The predicted molar refractivity (Wildman–Crippen MR) is 85.7 cm³/mol. The van der Waals surface area contributed by atoms with Crippen molar-refractivity contribution in [3.05, 3.63) is 30.1 Å². The fourth-order valence-corrected chi connectivity index (χ4v) is 2.98. The van der Waals surface area contributed by atoms with Crippen LogP contribution in [0.4, 0.5) is 14.9 Å². The molecular formula is C15H20FN3OS. The second-order valence-corrected chi connectivity index (χ2v) is 5.85. The Morgan fingerprint density at radius 1 is 1.24 bits per heavy atom. The summed E-state index contributed by atoms with van der Waals surface area (Å²) in [6.07, 6.45) is 5.57. The summed E-state index contributed by atoms with van der Waals surface area (Å²) in [5.74, 6) is -0.0422. The van der Waals surface area contributed by atoms with Gasteiger partial charge in [0.05, 0.1) is 11.0 Å². The van der Waals surface area contributed by atoms with Crippen molar-refractivity contribution in [2.24, 2.45) is 11.7 Å². The van der Waals surface area contributed by atoms with E-state index < -0.39 is 0 Å². The van der Waals surface area contributed by atoms with Gasteiger partial charge in [-0.05, 0) is 43.0 Å². The molecule has 1 aromatic carbocycles. The standard InChI is InChI=1S/C15H20FN3OS/c16-11-6-8-12(9-7-11)18-15(20)19-13(14(17)21)10-4-2-1-3-5-10/h6-10,13H,1-5H2,(H2,17,21)(H2,18,19,20).